The van der Waals surface area contributed by atoms with Crippen LogP contribution in [0.15, 0.2) is 29.2 Å². The average Bonchev–Trinajstić information content (AvgIpc) is 2.15. The van der Waals surface area contributed by atoms with Crippen molar-refractivity contribution >= 4 is 20.1 Å². The maximum Gasteiger partial charge on any atom is 0.303 e. The number of aryl methyl sites for hydroxylation is 1. The van der Waals surface area contributed by atoms with Gasteiger partial charge in [-0.05, 0) is 19.1 Å². The zero-order valence-electron chi connectivity index (χ0n) is 8.55. The fraction of sp³-hybridized carbons (Fsp3) is 0.333. The molecule has 0 aliphatic carbocycles. The largest absolute Gasteiger partial charge is 0.303 e. The number of halogens is 1. The number of hydrogen-bond acceptors (Lipinski definition) is 4. The molecule has 0 bridgehead atoms. The van der Waals surface area contributed by atoms with E-state index in [-0.39, 0.29) is 4.90 Å². The molecule has 0 atom stereocenters. The minimum absolute atomic E-state index is 0.00162. The van der Waals surface area contributed by atoms with Crippen molar-refractivity contribution in [2.75, 3.05) is 11.5 Å². The normalized spacial score (nSPS) is 12.6. The van der Waals surface area contributed by atoms with E-state index in [1.165, 1.54) is 12.1 Å². The van der Waals surface area contributed by atoms with Crippen LogP contribution in [0.3, 0.4) is 0 Å². The summed E-state index contributed by atoms with van der Waals surface area (Å²) in [7, 11) is -8.48. The molecule has 0 fully saturated rings. The van der Waals surface area contributed by atoms with E-state index in [4.69, 9.17) is 0 Å². The molecule has 0 aliphatic heterocycles. The molecule has 0 aromatic heterocycles. The summed E-state index contributed by atoms with van der Waals surface area (Å²) in [6.45, 7) is 1.79. The Labute approximate surface area is 94.2 Å². The lowest BCUT2D eigenvalue weighted by Gasteiger charge is -2.02. The third-order valence-corrected chi connectivity index (χ3v) is 4.66. The Morgan fingerprint density at radius 3 is 1.94 bits per heavy atom. The van der Waals surface area contributed by atoms with Gasteiger partial charge in [-0.25, -0.2) is 8.42 Å². The van der Waals surface area contributed by atoms with Gasteiger partial charge in [0.25, 0.3) is 0 Å². The predicted octanol–water partition coefficient (Wildman–Crippen LogP) is 1.07. The lowest BCUT2D eigenvalue weighted by Crippen LogP contribution is -2.14. The van der Waals surface area contributed by atoms with Crippen LogP contribution in [-0.4, -0.2) is 28.3 Å². The van der Waals surface area contributed by atoms with Gasteiger partial charge in [0.15, 0.2) is 9.84 Å². The molecule has 0 spiro atoms. The molecular formula is C9H11FO4S2. The molecule has 1 rings (SSSR count). The minimum Gasteiger partial charge on any atom is -0.224 e. The first kappa shape index (κ1) is 13.1. The second-order valence-corrected chi connectivity index (χ2v) is 6.97. The lowest BCUT2D eigenvalue weighted by atomic mass is 10.2. The predicted molar refractivity (Wildman–Crippen MR) is 58.1 cm³/mol. The van der Waals surface area contributed by atoms with E-state index < -0.39 is 31.6 Å². The summed E-state index contributed by atoms with van der Waals surface area (Å²) in [5, 5.41) is 0. The maximum atomic E-state index is 12.2. The van der Waals surface area contributed by atoms with Crippen LogP contribution in [0.5, 0.6) is 0 Å². The summed E-state index contributed by atoms with van der Waals surface area (Å²) in [6.07, 6.45) is 0. The average molecular weight is 266 g/mol. The van der Waals surface area contributed by atoms with Crippen LogP contribution in [0.25, 0.3) is 0 Å². The summed E-state index contributed by atoms with van der Waals surface area (Å²) >= 11 is 0. The highest BCUT2D eigenvalue weighted by Gasteiger charge is 2.18. The van der Waals surface area contributed by atoms with Gasteiger partial charge in [-0.3, -0.25) is 0 Å². The molecule has 0 aliphatic rings. The highest BCUT2D eigenvalue weighted by molar-refractivity contribution is 7.93. The molecule has 0 unspecified atom stereocenters. The van der Waals surface area contributed by atoms with Crippen molar-refractivity contribution in [1.82, 2.24) is 0 Å². The van der Waals surface area contributed by atoms with E-state index in [1.54, 1.807) is 19.1 Å². The van der Waals surface area contributed by atoms with Crippen molar-refractivity contribution in [1.29, 1.82) is 0 Å². The summed E-state index contributed by atoms with van der Waals surface area (Å²) in [6, 6.07) is 5.93. The Morgan fingerprint density at radius 1 is 1.00 bits per heavy atom. The highest BCUT2D eigenvalue weighted by Crippen LogP contribution is 2.12. The summed E-state index contributed by atoms with van der Waals surface area (Å²) in [5.74, 6) is -1.75. The van der Waals surface area contributed by atoms with Crippen molar-refractivity contribution in [3.63, 3.8) is 0 Å². The van der Waals surface area contributed by atoms with Crippen LogP contribution >= 0.6 is 0 Å². The summed E-state index contributed by atoms with van der Waals surface area (Å²) < 4.78 is 55.8. The van der Waals surface area contributed by atoms with Gasteiger partial charge in [-0.2, -0.15) is 8.42 Å². The topological polar surface area (TPSA) is 68.3 Å². The minimum atomic E-state index is -4.75. The van der Waals surface area contributed by atoms with Crippen molar-refractivity contribution in [3.8, 4) is 0 Å². The summed E-state index contributed by atoms with van der Waals surface area (Å²) in [4.78, 5) is 0.00162. The van der Waals surface area contributed by atoms with Crippen molar-refractivity contribution in [3.05, 3.63) is 29.8 Å². The number of sulfone groups is 1. The zero-order valence-corrected chi connectivity index (χ0v) is 10.2. The van der Waals surface area contributed by atoms with Gasteiger partial charge in [0.2, 0.25) is 0 Å². The molecule has 1 aromatic rings. The monoisotopic (exact) mass is 266 g/mol. The second kappa shape index (κ2) is 4.50. The quantitative estimate of drug-likeness (QED) is 0.764. The van der Waals surface area contributed by atoms with Crippen LogP contribution in [0, 0.1) is 6.92 Å². The van der Waals surface area contributed by atoms with E-state index in [1.807, 2.05) is 0 Å². The molecule has 16 heavy (non-hydrogen) atoms. The zero-order chi connectivity index (χ0) is 12.4. The van der Waals surface area contributed by atoms with Gasteiger partial charge in [0, 0.05) is 0 Å². The highest BCUT2D eigenvalue weighted by atomic mass is 32.3. The van der Waals surface area contributed by atoms with E-state index >= 15 is 0 Å². The SMILES string of the molecule is Cc1ccc(S(=O)(=O)CCS(=O)(=O)F)cc1. The van der Waals surface area contributed by atoms with Gasteiger partial charge >= 0.3 is 10.2 Å². The first-order valence-corrected chi connectivity index (χ1v) is 7.63. The molecule has 1 aromatic carbocycles. The van der Waals surface area contributed by atoms with Crippen molar-refractivity contribution < 1.29 is 20.7 Å². The molecule has 4 nitrogen and oxygen atoms in total. The van der Waals surface area contributed by atoms with Crippen molar-refractivity contribution in [2.45, 2.75) is 11.8 Å². The number of benzene rings is 1. The standard InChI is InChI=1S/C9H11FO4S2/c1-8-2-4-9(5-3-8)15(11,12)6-7-16(10,13)14/h2-5H,6-7H2,1H3. The molecule has 0 N–H and O–H groups in total. The fourth-order valence-electron chi connectivity index (χ4n) is 1.07. The van der Waals surface area contributed by atoms with E-state index in [9.17, 15) is 20.7 Å². The van der Waals surface area contributed by atoms with E-state index in [0.29, 0.717) is 0 Å². The van der Waals surface area contributed by atoms with Crippen molar-refractivity contribution in [2.24, 2.45) is 0 Å². The fourth-order valence-corrected chi connectivity index (χ4v) is 3.53. The van der Waals surface area contributed by atoms with Gasteiger partial charge < -0.3 is 0 Å². The van der Waals surface area contributed by atoms with E-state index in [0.717, 1.165) is 5.56 Å². The Bertz CT molecular complexity index is 558. The Balaban J connectivity index is 2.91. The molecule has 0 saturated heterocycles. The Morgan fingerprint density at radius 2 is 1.50 bits per heavy atom. The maximum absolute atomic E-state index is 12.2. The molecular weight excluding hydrogens is 255 g/mol. The first-order chi connectivity index (χ1) is 7.21. The van der Waals surface area contributed by atoms with Crippen LogP contribution in [0.1, 0.15) is 5.56 Å². The molecule has 0 heterocycles. The molecule has 0 saturated carbocycles. The van der Waals surface area contributed by atoms with Crippen LogP contribution in [0.2, 0.25) is 0 Å². The van der Waals surface area contributed by atoms with Gasteiger partial charge in [0.05, 0.1) is 16.4 Å². The Hall–Kier alpha value is -0.950. The third-order valence-electron chi connectivity index (χ3n) is 1.98. The molecule has 0 amide bonds. The summed E-state index contributed by atoms with van der Waals surface area (Å²) in [5.41, 5.74) is 0.886. The van der Waals surface area contributed by atoms with Gasteiger partial charge in [-0.15, -0.1) is 3.89 Å². The van der Waals surface area contributed by atoms with Crippen LogP contribution in [0.4, 0.5) is 3.89 Å². The smallest absolute Gasteiger partial charge is 0.224 e. The van der Waals surface area contributed by atoms with Gasteiger partial charge in [-0.1, -0.05) is 17.7 Å². The van der Waals surface area contributed by atoms with Crippen LogP contribution in [-0.2, 0) is 20.1 Å². The molecule has 7 heteroatoms. The lowest BCUT2D eigenvalue weighted by molar-refractivity contribution is 0.551. The van der Waals surface area contributed by atoms with E-state index in [2.05, 4.69) is 0 Å². The Kier molecular flexibility index (Phi) is 3.69. The first-order valence-electron chi connectivity index (χ1n) is 4.42. The third kappa shape index (κ3) is 3.90. The number of rotatable bonds is 4. The molecule has 90 valence electrons. The molecule has 0 radical (unpaired) electrons. The second-order valence-electron chi connectivity index (χ2n) is 3.37. The van der Waals surface area contributed by atoms with Gasteiger partial charge in [0.1, 0.15) is 0 Å². The van der Waals surface area contributed by atoms with Crippen LogP contribution < -0.4 is 0 Å². The number of hydrogen-bond donors (Lipinski definition) is 0.